The smallest absolute Gasteiger partial charge is 0.138 e. The van der Waals surface area contributed by atoms with Crippen molar-refractivity contribution in [2.45, 2.75) is 25.3 Å². The number of likely N-dealkylation sites (N-methyl/N-ethyl adjacent to an activating group) is 1. The number of hydrogen-bond acceptors (Lipinski definition) is 6. The first kappa shape index (κ1) is 15.5. The Kier molecular flexibility index (Phi) is 3.97. The van der Waals surface area contributed by atoms with E-state index in [0.717, 1.165) is 23.6 Å². The van der Waals surface area contributed by atoms with Crippen LogP contribution in [0, 0.1) is 0 Å². The second-order valence-corrected chi connectivity index (χ2v) is 7.65. The predicted molar refractivity (Wildman–Crippen MR) is 97.6 cm³/mol. The Labute approximate surface area is 145 Å². The van der Waals surface area contributed by atoms with Gasteiger partial charge in [0.2, 0.25) is 0 Å². The quantitative estimate of drug-likeness (QED) is 0.772. The molecule has 0 aliphatic heterocycles. The number of nitrogens with zero attached hydrogens (tertiary/aromatic N) is 5. The standard InChI is InChI=1S/C17H22N6S/c1-22(2)13(11-7-21-23(3)9-11)8-18-16-15-12-5-4-6-14(12)24-17(15)20-10-19-16/h7,9-10,13H,4-6,8H2,1-3H3,(H,18,19,20). The monoisotopic (exact) mass is 342 g/mol. The van der Waals surface area contributed by atoms with Crippen LogP contribution in [0.3, 0.4) is 0 Å². The maximum atomic E-state index is 4.53. The van der Waals surface area contributed by atoms with Gasteiger partial charge in [0.1, 0.15) is 17.0 Å². The molecule has 0 aromatic carbocycles. The van der Waals surface area contributed by atoms with Gasteiger partial charge >= 0.3 is 0 Å². The summed E-state index contributed by atoms with van der Waals surface area (Å²) in [5, 5.41) is 9.11. The van der Waals surface area contributed by atoms with Crippen molar-refractivity contribution >= 4 is 27.4 Å². The molecule has 4 rings (SSSR count). The highest BCUT2D eigenvalue weighted by atomic mass is 32.1. The van der Waals surface area contributed by atoms with Crippen LogP contribution in [0.5, 0.6) is 0 Å². The molecule has 0 bridgehead atoms. The summed E-state index contributed by atoms with van der Waals surface area (Å²) in [5.74, 6) is 0.968. The van der Waals surface area contributed by atoms with E-state index in [0.29, 0.717) is 0 Å². The van der Waals surface area contributed by atoms with E-state index in [1.165, 1.54) is 34.2 Å². The molecule has 1 aliphatic rings. The van der Waals surface area contributed by atoms with E-state index >= 15 is 0 Å². The van der Waals surface area contributed by atoms with Gasteiger partial charge in [0, 0.05) is 30.2 Å². The molecule has 126 valence electrons. The van der Waals surface area contributed by atoms with Gasteiger partial charge in [0.15, 0.2) is 0 Å². The van der Waals surface area contributed by atoms with Crippen LogP contribution in [0.1, 0.15) is 28.5 Å². The minimum atomic E-state index is 0.246. The highest BCUT2D eigenvalue weighted by Crippen LogP contribution is 2.39. The molecule has 0 spiro atoms. The fourth-order valence-electron chi connectivity index (χ4n) is 3.47. The summed E-state index contributed by atoms with van der Waals surface area (Å²) in [7, 11) is 6.14. The van der Waals surface area contributed by atoms with Crippen molar-refractivity contribution in [3.05, 3.63) is 34.7 Å². The van der Waals surface area contributed by atoms with E-state index in [1.54, 1.807) is 6.33 Å². The SMILES string of the molecule is CN(C)C(CNc1ncnc2sc3c(c12)CCC3)c1cnn(C)c1. The fourth-order valence-corrected chi connectivity index (χ4v) is 4.70. The lowest BCUT2D eigenvalue weighted by molar-refractivity contribution is 0.311. The number of anilines is 1. The Hall–Kier alpha value is -1.99. The Morgan fingerprint density at radius 1 is 1.33 bits per heavy atom. The largest absolute Gasteiger partial charge is 0.367 e. The summed E-state index contributed by atoms with van der Waals surface area (Å²) in [5.41, 5.74) is 2.66. The topological polar surface area (TPSA) is 58.9 Å². The molecule has 24 heavy (non-hydrogen) atoms. The Balaban J connectivity index is 1.62. The van der Waals surface area contributed by atoms with Gasteiger partial charge < -0.3 is 10.2 Å². The van der Waals surface area contributed by atoms with Gasteiger partial charge in [-0.3, -0.25) is 4.68 Å². The van der Waals surface area contributed by atoms with Crippen LogP contribution in [-0.4, -0.2) is 45.3 Å². The second-order valence-electron chi connectivity index (χ2n) is 6.57. The van der Waals surface area contributed by atoms with Crippen LogP contribution >= 0.6 is 11.3 Å². The van der Waals surface area contributed by atoms with Gasteiger partial charge in [0.25, 0.3) is 0 Å². The number of fused-ring (bicyclic) bond motifs is 3. The Morgan fingerprint density at radius 2 is 2.21 bits per heavy atom. The molecule has 0 amide bonds. The average Bonchev–Trinajstić information content (AvgIpc) is 3.23. The molecule has 6 nitrogen and oxygen atoms in total. The van der Waals surface area contributed by atoms with Crippen molar-refractivity contribution in [1.29, 1.82) is 0 Å². The van der Waals surface area contributed by atoms with E-state index in [9.17, 15) is 0 Å². The number of aromatic nitrogens is 4. The molecule has 0 fully saturated rings. The summed E-state index contributed by atoms with van der Waals surface area (Å²) in [6.45, 7) is 0.787. The molecule has 1 unspecified atom stereocenters. The molecule has 0 radical (unpaired) electrons. The zero-order chi connectivity index (χ0) is 16.7. The number of aryl methyl sites for hydroxylation is 3. The van der Waals surface area contributed by atoms with E-state index in [2.05, 4.69) is 45.6 Å². The van der Waals surface area contributed by atoms with Crippen molar-refractivity contribution < 1.29 is 0 Å². The summed E-state index contributed by atoms with van der Waals surface area (Å²) in [6.07, 6.45) is 9.27. The second kappa shape index (κ2) is 6.14. The van der Waals surface area contributed by atoms with Crippen molar-refractivity contribution in [3.63, 3.8) is 0 Å². The molecular weight excluding hydrogens is 320 g/mol. The lowest BCUT2D eigenvalue weighted by Crippen LogP contribution is -2.26. The van der Waals surface area contributed by atoms with Crippen LogP contribution in [0.25, 0.3) is 10.2 Å². The summed E-state index contributed by atoms with van der Waals surface area (Å²) in [4.78, 5) is 13.8. The molecule has 1 aliphatic carbocycles. The first-order chi connectivity index (χ1) is 11.6. The van der Waals surface area contributed by atoms with Crippen molar-refractivity contribution in [2.24, 2.45) is 7.05 Å². The number of thiophene rings is 1. The maximum absolute atomic E-state index is 4.53. The van der Waals surface area contributed by atoms with E-state index < -0.39 is 0 Å². The third kappa shape index (κ3) is 2.67. The molecule has 1 atom stereocenters. The van der Waals surface area contributed by atoms with Gasteiger partial charge in [-0.05, 0) is 38.9 Å². The fraction of sp³-hybridized carbons (Fsp3) is 0.471. The molecular formula is C17H22N6S. The molecule has 1 N–H and O–H groups in total. The molecule has 3 aromatic heterocycles. The third-order valence-electron chi connectivity index (χ3n) is 4.70. The van der Waals surface area contributed by atoms with Crippen LogP contribution in [0.4, 0.5) is 5.82 Å². The van der Waals surface area contributed by atoms with Gasteiger partial charge in [-0.2, -0.15) is 5.10 Å². The van der Waals surface area contributed by atoms with E-state index in [1.807, 2.05) is 29.3 Å². The van der Waals surface area contributed by atoms with Gasteiger partial charge in [-0.15, -0.1) is 11.3 Å². The zero-order valence-electron chi connectivity index (χ0n) is 14.3. The van der Waals surface area contributed by atoms with E-state index in [4.69, 9.17) is 0 Å². The van der Waals surface area contributed by atoms with Gasteiger partial charge in [-0.1, -0.05) is 0 Å². The Bertz CT molecular complexity index is 865. The highest BCUT2D eigenvalue weighted by molar-refractivity contribution is 7.19. The summed E-state index contributed by atoms with van der Waals surface area (Å²) in [6, 6.07) is 0.246. The number of hydrogen-bond donors (Lipinski definition) is 1. The number of nitrogens with one attached hydrogen (secondary N) is 1. The van der Waals surface area contributed by atoms with Crippen molar-refractivity contribution in [1.82, 2.24) is 24.6 Å². The van der Waals surface area contributed by atoms with Gasteiger partial charge in [0.05, 0.1) is 17.6 Å². The van der Waals surface area contributed by atoms with Crippen LogP contribution in [0.15, 0.2) is 18.7 Å². The van der Waals surface area contributed by atoms with Crippen molar-refractivity contribution in [2.75, 3.05) is 26.0 Å². The average molecular weight is 342 g/mol. The number of rotatable bonds is 5. The predicted octanol–water partition coefficient (Wildman–Crippen LogP) is 2.63. The summed E-state index contributed by atoms with van der Waals surface area (Å²) < 4.78 is 1.85. The third-order valence-corrected chi connectivity index (χ3v) is 5.90. The Morgan fingerprint density at radius 3 is 2.96 bits per heavy atom. The molecule has 0 saturated heterocycles. The van der Waals surface area contributed by atoms with Crippen molar-refractivity contribution in [3.8, 4) is 0 Å². The zero-order valence-corrected chi connectivity index (χ0v) is 15.1. The highest BCUT2D eigenvalue weighted by Gasteiger charge is 2.22. The maximum Gasteiger partial charge on any atom is 0.138 e. The normalized spacial score (nSPS) is 15.2. The minimum Gasteiger partial charge on any atom is -0.367 e. The molecule has 0 saturated carbocycles. The first-order valence-electron chi connectivity index (χ1n) is 8.27. The summed E-state index contributed by atoms with van der Waals surface area (Å²) >= 11 is 1.83. The minimum absolute atomic E-state index is 0.246. The molecule has 7 heteroatoms. The molecule has 3 aromatic rings. The lowest BCUT2D eigenvalue weighted by atomic mass is 10.1. The van der Waals surface area contributed by atoms with Crippen LogP contribution < -0.4 is 5.32 Å². The van der Waals surface area contributed by atoms with E-state index in [-0.39, 0.29) is 6.04 Å². The lowest BCUT2D eigenvalue weighted by Gasteiger charge is -2.24. The van der Waals surface area contributed by atoms with Crippen LogP contribution in [-0.2, 0) is 19.9 Å². The first-order valence-corrected chi connectivity index (χ1v) is 9.09. The molecule has 3 heterocycles. The van der Waals surface area contributed by atoms with Crippen LogP contribution in [0.2, 0.25) is 0 Å². The van der Waals surface area contributed by atoms with Gasteiger partial charge in [-0.25, -0.2) is 9.97 Å².